The predicted molar refractivity (Wildman–Crippen MR) is 153 cm³/mol. The zero-order chi connectivity index (χ0) is 26.9. The van der Waals surface area contributed by atoms with Crippen molar-refractivity contribution in [2.45, 2.75) is 90.1 Å². The molecule has 0 atom stereocenters. The predicted octanol–water partition coefficient (Wildman–Crippen LogP) is 6.00. The number of ketones is 2. The topological polar surface area (TPSA) is 41.9 Å². The van der Waals surface area contributed by atoms with Crippen molar-refractivity contribution in [3.8, 4) is 0 Å². The third-order valence-electron chi connectivity index (χ3n) is 12.2. The Morgan fingerprint density at radius 2 is 0.825 bits per heavy atom. The normalized spacial score (nSPS) is 38.8. The Kier molecular flexibility index (Phi) is 5.94. The Hall–Kier alpha value is -2.62. The zero-order valence-corrected chi connectivity index (χ0v) is 23.8. The second-order valence-electron chi connectivity index (χ2n) is 15.2. The number of nitrogens with zero attached hydrogens (tertiary/aromatic N) is 2. The average Bonchev–Trinajstić information content (AvgIpc) is 2.92. The van der Waals surface area contributed by atoms with Crippen LogP contribution in [0.1, 0.15) is 88.2 Å². The van der Waals surface area contributed by atoms with Gasteiger partial charge in [-0.3, -0.25) is 9.59 Å². The van der Waals surface area contributed by atoms with Gasteiger partial charge in [0.25, 0.3) is 0 Å². The van der Waals surface area contributed by atoms with Gasteiger partial charge in [0.2, 0.25) is 24.7 Å². The Labute approximate surface area is 238 Å². The van der Waals surface area contributed by atoms with Crippen LogP contribution in [0.3, 0.4) is 0 Å². The Balaban J connectivity index is 0.874. The number of carbonyl (C=O) groups is 2. The number of carbonyl (C=O) groups excluding carboxylic acids is 2. The summed E-state index contributed by atoms with van der Waals surface area (Å²) in [7, 11) is 0. The van der Waals surface area contributed by atoms with Crippen molar-refractivity contribution in [1.29, 1.82) is 0 Å². The first kappa shape index (κ1) is 25.1. The van der Waals surface area contributed by atoms with E-state index in [1.807, 2.05) is 0 Å². The molecule has 0 unspecified atom stereocenters. The summed E-state index contributed by atoms with van der Waals surface area (Å²) >= 11 is 0. The quantitative estimate of drug-likeness (QED) is 0.388. The van der Waals surface area contributed by atoms with Crippen LogP contribution in [-0.4, -0.2) is 11.6 Å². The molecule has 2 aromatic rings. The highest BCUT2D eigenvalue weighted by Gasteiger charge is 2.56. The van der Waals surface area contributed by atoms with Crippen LogP contribution in [0.25, 0.3) is 12.2 Å². The molecule has 0 amide bonds. The Morgan fingerprint density at radius 3 is 1.10 bits per heavy atom. The summed E-state index contributed by atoms with van der Waals surface area (Å²) in [5, 5.41) is 0. The van der Waals surface area contributed by atoms with Crippen molar-refractivity contribution in [1.82, 2.24) is 0 Å². The summed E-state index contributed by atoms with van der Waals surface area (Å²) in [5.74, 6) is 5.79. The van der Waals surface area contributed by atoms with Crippen LogP contribution in [0, 0.1) is 46.3 Å². The second-order valence-corrected chi connectivity index (χ2v) is 15.2. The number of hydrogen-bond acceptors (Lipinski definition) is 2. The third-order valence-corrected chi connectivity index (χ3v) is 12.2. The highest BCUT2D eigenvalue weighted by molar-refractivity contribution is 5.84. The van der Waals surface area contributed by atoms with Gasteiger partial charge in [-0.25, -0.2) is 0 Å². The molecule has 8 saturated carbocycles. The van der Waals surface area contributed by atoms with E-state index >= 15 is 0 Å². The minimum Gasteiger partial charge on any atom is -0.292 e. The molecule has 0 N–H and O–H groups in total. The molecule has 208 valence electrons. The van der Waals surface area contributed by atoms with Crippen LogP contribution in [0.4, 0.5) is 0 Å². The van der Waals surface area contributed by atoms with Crippen LogP contribution in [0.5, 0.6) is 0 Å². The lowest BCUT2D eigenvalue weighted by atomic mass is 9.48. The number of rotatable bonds is 8. The molecule has 2 heterocycles. The monoisotopic (exact) mass is 536 g/mol. The minimum absolute atomic E-state index is 0.0235. The largest absolute Gasteiger partial charge is 0.292 e. The van der Waals surface area contributed by atoms with Gasteiger partial charge in [0.1, 0.15) is 0 Å². The zero-order valence-electron chi connectivity index (χ0n) is 23.8. The van der Waals surface area contributed by atoms with E-state index < -0.39 is 0 Å². The van der Waals surface area contributed by atoms with Crippen molar-refractivity contribution in [3.63, 3.8) is 0 Å². The lowest BCUT2D eigenvalue weighted by molar-refractivity contribution is -0.685. The molecule has 4 heteroatoms. The molecule has 10 rings (SSSR count). The van der Waals surface area contributed by atoms with Crippen molar-refractivity contribution in [2.24, 2.45) is 46.3 Å². The molecule has 0 radical (unpaired) electrons. The van der Waals surface area contributed by atoms with E-state index in [-0.39, 0.29) is 10.8 Å². The van der Waals surface area contributed by atoms with Crippen LogP contribution >= 0.6 is 0 Å². The maximum atomic E-state index is 13.5. The SMILES string of the molecule is O=C(C[n+]1ccc(C=Cc2cc[n+](CC(=O)C34CC5CC(CC(C5)C3)C4)cc2)cc1)C12CC3CC(CC(C3)C1)C2. The third kappa shape index (κ3) is 4.50. The summed E-state index contributed by atoms with van der Waals surface area (Å²) in [6.07, 6.45) is 27.6. The number of pyridine rings is 2. The van der Waals surface area contributed by atoms with Crippen molar-refractivity contribution < 1.29 is 18.7 Å². The van der Waals surface area contributed by atoms with E-state index in [4.69, 9.17) is 0 Å². The molecule has 8 bridgehead atoms. The lowest BCUT2D eigenvalue weighted by Gasteiger charge is -2.55. The highest BCUT2D eigenvalue weighted by atomic mass is 16.1. The minimum atomic E-state index is -0.0235. The molecule has 4 nitrogen and oxygen atoms in total. The Morgan fingerprint density at radius 1 is 0.550 bits per heavy atom. The summed E-state index contributed by atoms with van der Waals surface area (Å²) in [5.41, 5.74) is 2.22. The standard InChI is InChI=1S/C36H44N2O2/c39-33(35-17-27-11-28(18-35)13-29(12-27)19-35)23-37-7-3-25(4-8-37)1-2-26-5-9-38(10-6-26)24-34(40)36-20-30-14-31(21-36)16-32(15-30)22-36/h1-10,27-32H,11-24H2/q+2. The molecule has 0 saturated heterocycles. The fourth-order valence-corrected chi connectivity index (χ4v) is 11.1. The first-order valence-corrected chi connectivity index (χ1v) is 16.1. The van der Waals surface area contributed by atoms with Gasteiger partial charge >= 0.3 is 0 Å². The van der Waals surface area contributed by atoms with Gasteiger partial charge in [-0.1, -0.05) is 12.2 Å². The van der Waals surface area contributed by atoms with Gasteiger partial charge in [0, 0.05) is 35.1 Å². The Bertz CT molecular complexity index is 1160. The molecule has 8 fully saturated rings. The van der Waals surface area contributed by atoms with Crippen LogP contribution < -0.4 is 9.13 Å². The molecule has 0 aliphatic heterocycles. The van der Waals surface area contributed by atoms with E-state index in [1.54, 1.807) is 0 Å². The van der Waals surface area contributed by atoms with E-state index in [1.165, 1.54) is 38.5 Å². The lowest BCUT2D eigenvalue weighted by Crippen LogP contribution is -2.53. The van der Waals surface area contributed by atoms with Crippen molar-refractivity contribution in [2.75, 3.05) is 0 Å². The maximum absolute atomic E-state index is 13.5. The second kappa shape index (κ2) is 9.46. The molecule has 40 heavy (non-hydrogen) atoms. The first-order chi connectivity index (χ1) is 19.4. The molecule has 2 aromatic heterocycles. The van der Waals surface area contributed by atoms with E-state index in [2.05, 4.69) is 70.3 Å². The maximum Gasteiger partial charge on any atom is 0.207 e. The average molecular weight is 537 g/mol. The molecule has 0 spiro atoms. The van der Waals surface area contributed by atoms with E-state index in [9.17, 15) is 9.59 Å². The molecule has 0 aromatic carbocycles. The fourth-order valence-electron chi connectivity index (χ4n) is 11.1. The van der Waals surface area contributed by atoms with Crippen LogP contribution in [0.15, 0.2) is 49.1 Å². The fraction of sp³-hybridized carbons (Fsp3) is 0.611. The van der Waals surface area contributed by atoms with Crippen molar-refractivity contribution in [3.05, 3.63) is 60.2 Å². The number of Topliss-reactive ketones (excluding diaryl/α,β-unsaturated/α-hetero) is 2. The molecule has 8 aliphatic rings. The molecular weight excluding hydrogens is 492 g/mol. The molecular formula is C36H44N2O2+2. The summed E-state index contributed by atoms with van der Waals surface area (Å²) in [6, 6.07) is 8.43. The van der Waals surface area contributed by atoms with Gasteiger partial charge < -0.3 is 0 Å². The molecule has 8 aliphatic carbocycles. The number of aromatic nitrogens is 2. The van der Waals surface area contributed by atoms with Gasteiger partial charge in [-0.05, 0) is 124 Å². The highest BCUT2D eigenvalue weighted by Crippen LogP contribution is 2.61. The smallest absolute Gasteiger partial charge is 0.207 e. The summed E-state index contributed by atoms with van der Waals surface area (Å²) < 4.78 is 4.15. The van der Waals surface area contributed by atoms with Gasteiger partial charge in [-0.15, -0.1) is 0 Å². The van der Waals surface area contributed by atoms with E-state index in [0.29, 0.717) is 24.7 Å². The number of hydrogen-bond donors (Lipinski definition) is 0. The van der Waals surface area contributed by atoms with Gasteiger partial charge in [-0.2, -0.15) is 9.13 Å². The first-order valence-electron chi connectivity index (χ1n) is 16.1. The summed E-state index contributed by atoms with van der Waals surface area (Å²) in [4.78, 5) is 26.9. The van der Waals surface area contributed by atoms with Crippen LogP contribution in [0.2, 0.25) is 0 Å². The van der Waals surface area contributed by atoms with Crippen LogP contribution in [-0.2, 0) is 22.7 Å². The van der Waals surface area contributed by atoms with Gasteiger partial charge in [0.15, 0.2) is 24.8 Å². The summed E-state index contributed by atoms with van der Waals surface area (Å²) in [6.45, 7) is 1.02. The van der Waals surface area contributed by atoms with Gasteiger partial charge in [0.05, 0.1) is 0 Å². The van der Waals surface area contributed by atoms with E-state index in [0.717, 1.165) is 85.2 Å². The van der Waals surface area contributed by atoms with Crippen molar-refractivity contribution >= 4 is 23.7 Å².